The third-order valence-corrected chi connectivity index (χ3v) is 3.52. The first kappa shape index (κ1) is 13.3. The predicted octanol–water partition coefficient (Wildman–Crippen LogP) is 0.372. The van der Waals surface area contributed by atoms with Gasteiger partial charge < -0.3 is 0 Å². The van der Waals surface area contributed by atoms with Crippen LogP contribution in [-0.4, -0.2) is 33.2 Å². The zero-order valence-electron chi connectivity index (χ0n) is 10.7. The molecule has 0 aromatic carbocycles. The fourth-order valence-electron chi connectivity index (χ4n) is 1.74. The van der Waals surface area contributed by atoms with Gasteiger partial charge in [-0.3, -0.25) is 0 Å². The van der Waals surface area contributed by atoms with E-state index in [0.29, 0.717) is 16.9 Å². The minimum Gasteiger partial charge on any atom is -0.243 e. The number of aromatic nitrogens is 5. The minimum atomic E-state index is -3.84. The van der Waals surface area contributed by atoms with Gasteiger partial charge in [-0.05, 0) is 12.1 Å². The summed E-state index contributed by atoms with van der Waals surface area (Å²) in [5, 5.41) is 9.06. The van der Waals surface area contributed by atoms with Crippen LogP contribution in [0, 0.1) is 0 Å². The molecule has 8 nitrogen and oxygen atoms in total. The van der Waals surface area contributed by atoms with Crippen molar-refractivity contribution in [1.29, 1.82) is 0 Å². The van der Waals surface area contributed by atoms with Crippen molar-refractivity contribution >= 4 is 10.0 Å². The van der Waals surface area contributed by atoms with E-state index in [1.54, 1.807) is 41.6 Å². The lowest BCUT2D eigenvalue weighted by Crippen LogP contribution is -2.13. The quantitative estimate of drug-likeness (QED) is 0.747. The van der Waals surface area contributed by atoms with Crippen molar-refractivity contribution < 1.29 is 8.42 Å². The Bertz CT molecular complexity index is 876. The first-order valence-corrected chi connectivity index (χ1v) is 7.39. The molecule has 2 N–H and O–H groups in total. The Hall–Kier alpha value is -2.65. The molecule has 0 unspecified atom stereocenters. The highest BCUT2D eigenvalue weighted by molar-refractivity contribution is 7.89. The van der Waals surface area contributed by atoms with Gasteiger partial charge in [0.25, 0.3) is 10.0 Å². The third kappa shape index (κ3) is 2.78. The summed E-state index contributed by atoms with van der Waals surface area (Å²) in [4.78, 5) is 11.8. The van der Waals surface area contributed by atoms with Gasteiger partial charge in [0.2, 0.25) is 0 Å². The fourth-order valence-corrected chi connectivity index (χ4v) is 2.23. The monoisotopic (exact) mass is 302 g/mol. The third-order valence-electron chi connectivity index (χ3n) is 2.70. The summed E-state index contributed by atoms with van der Waals surface area (Å²) in [6.45, 7) is 0. The Kier molecular flexibility index (Phi) is 3.20. The number of nitrogens with two attached hydrogens (primary N) is 1. The highest BCUT2D eigenvalue weighted by Gasteiger charge is 2.12. The molecule has 106 valence electrons. The Morgan fingerprint density at radius 1 is 1.10 bits per heavy atom. The van der Waals surface area contributed by atoms with Gasteiger partial charge in [-0.1, -0.05) is 6.07 Å². The second kappa shape index (κ2) is 5.04. The SMILES string of the molecule is NS(=O)(=O)c1cccc(-c2cnn(-c3cncnc3)c2)n1. The first-order chi connectivity index (χ1) is 10.0. The number of nitrogens with zero attached hydrogens (tertiary/aromatic N) is 5. The predicted molar refractivity (Wildman–Crippen MR) is 73.8 cm³/mol. The van der Waals surface area contributed by atoms with Crippen molar-refractivity contribution in [3.8, 4) is 16.9 Å². The van der Waals surface area contributed by atoms with Crippen LogP contribution in [0.2, 0.25) is 0 Å². The van der Waals surface area contributed by atoms with E-state index in [9.17, 15) is 8.42 Å². The van der Waals surface area contributed by atoms with Crippen molar-refractivity contribution in [3.63, 3.8) is 0 Å². The summed E-state index contributed by atoms with van der Waals surface area (Å²) in [7, 11) is -3.84. The molecule has 3 aromatic heterocycles. The standard InChI is InChI=1S/C12H10N6O2S/c13-21(19,20)12-3-1-2-11(17-12)9-4-16-18(7-9)10-5-14-8-15-6-10/h1-8H,(H2,13,19,20). The average Bonchev–Trinajstić information content (AvgIpc) is 2.97. The van der Waals surface area contributed by atoms with Gasteiger partial charge in [-0.25, -0.2) is 33.2 Å². The number of hydrogen-bond donors (Lipinski definition) is 1. The van der Waals surface area contributed by atoms with Gasteiger partial charge in [0.15, 0.2) is 5.03 Å². The van der Waals surface area contributed by atoms with Gasteiger partial charge in [0.05, 0.1) is 24.3 Å². The number of primary sulfonamides is 1. The van der Waals surface area contributed by atoms with Crippen LogP contribution in [0.25, 0.3) is 16.9 Å². The highest BCUT2D eigenvalue weighted by Crippen LogP contribution is 2.18. The molecule has 21 heavy (non-hydrogen) atoms. The van der Waals surface area contributed by atoms with Crippen molar-refractivity contribution in [2.45, 2.75) is 5.03 Å². The second-order valence-corrected chi connectivity index (χ2v) is 5.68. The molecule has 0 bridgehead atoms. The van der Waals surface area contributed by atoms with Crippen molar-refractivity contribution in [2.75, 3.05) is 0 Å². The Morgan fingerprint density at radius 2 is 1.86 bits per heavy atom. The average molecular weight is 302 g/mol. The zero-order valence-corrected chi connectivity index (χ0v) is 11.5. The van der Waals surface area contributed by atoms with Crippen LogP contribution in [0.15, 0.2) is 54.3 Å². The van der Waals surface area contributed by atoms with Crippen LogP contribution in [0.5, 0.6) is 0 Å². The molecule has 0 saturated carbocycles. The molecule has 0 saturated heterocycles. The first-order valence-electron chi connectivity index (χ1n) is 5.84. The van der Waals surface area contributed by atoms with Gasteiger partial charge >= 0.3 is 0 Å². The normalized spacial score (nSPS) is 11.5. The summed E-state index contributed by atoms with van der Waals surface area (Å²) in [5.74, 6) is 0. The summed E-state index contributed by atoms with van der Waals surface area (Å²) in [6.07, 6.45) is 7.91. The molecule has 9 heteroatoms. The van der Waals surface area contributed by atoms with Crippen LogP contribution in [0.3, 0.4) is 0 Å². The van der Waals surface area contributed by atoms with E-state index in [1.807, 2.05) is 0 Å². The lowest BCUT2D eigenvalue weighted by Gasteiger charge is -2.00. The molecule has 0 atom stereocenters. The molecule has 0 fully saturated rings. The highest BCUT2D eigenvalue weighted by atomic mass is 32.2. The number of pyridine rings is 1. The Balaban J connectivity index is 2.01. The van der Waals surface area contributed by atoms with Crippen molar-refractivity contribution in [1.82, 2.24) is 24.7 Å². The molecule has 0 aliphatic rings. The summed E-state index contributed by atoms with van der Waals surface area (Å²) in [6, 6.07) is 4.59. The topological polar surface area (TPSA) is 117 Å². The molecule has 0 aliphatic heterocycles. The van der Waals surface area contributed by atoms with Gasteiger partial charge in [0, 0.05) is 11.8 Å². The second-order valence-electron chi connectivity index (χ2n) is 4.18. The van der Waals surface area contributed by atoms with Gasteiger partial charge in [-0.2, -0.15) is 5.10 Å². The van der Waals surface area contributed by atoms with E-state index in [2.05, 4.69) is 20.1 Å². The maximum atomic E-state index is 11.3. The van der Waals surface area contributed by atoms with Crippen LogP contribution in [-0.2, 0) is 10.0 Å². The van der Waals surface area contributed by atoms with E-state index in [0.717, 1.165) is 0 Å². The minimum absolute atomic E-state index is 0.184. The maximum absolute atomic E-state index is 11.3. The van der Waals surface area contributed by atoms with E-state index in [-0.39, 0.29) is 5.03 Å². The van der Waals surface area contributed by atoms with E-state index < -0.39 is 10.0 Å². The van der Waals surface area contributed by atoms with Crippen molar-refractivity contribution in [2.24, 2.45) is 5.14 Å². The van der Waals surface area contributed by atoms with E-state index in [4.69, 9.17) is 5.14 Å². The molecule has 0 radical (unpaired) electrons. The maximum Gasteiger partial charge on any atom is 0.255 e. The van der Waals surface area contributed by atoms with Crippen LogP contribution >= 0.6 is 0 Å². The fraction of sp³-hybridized carbons (Fsp3) is 0. The Morgan fingerprint density at radius 3 is 2.57 bits per heavy atom. The molecule has 3 heterocycles. The molecule has 0 amide bonds. The van der Waals surface area contributed by atoms with E-state index in [1.165, 1.54) is 12.4 Å². The lowest BCUT2D eigenvalue weighted by molar-refractivity contribution is 0.594. The summed E-state index contributed by atoms with van der Waals surface area (Å²) in [5.41, 5.74) is 1.81. The van der Waals surface area contributed by atoms with Gasteiger partial charge in [0.1, 0.15) is 12.0 Å². The number of sulfonamides is 1. The zero-order chi connectivity index (χ0) is 14.9. The van der Waals surface area contributed by atoms with Crippen molar-refractivity contribution in [3.05, 3.63) is 49.3 Å². The molecular formula is C12H10N6O2S. The van der Waals surface area contributed by atoms with Gasteiger partial charge in [-0.15, -0.1) is 0 Å². The summed E-state index contributed by atoms with van der Waals surface area (Å²) >= 11 is 0. The smallest absolute Gasteiger partial charge is 0.243 e. The lowest BCUT2D eigenvalue weighted by atomic mass is 10.2. The van der Waals surface area contributed by atoms with Crippen LogP contribution in [0.4, 0.5) is 0 Å². The molecule has 3 aromatic rings. The largest absolute Gasteiger partial charge is 0.255 e. The molecular weight excluding hydrogens is 292 g/mol. The molecule has 0 aliphatic carbocycles. The molecule has 3 rings (SSSR count). The van der Waals surface area contributed by atoms with Crippen LogP contribution < -0.4 is 5.14 Å². The van der Waals surface area contributed by atoms with Crippen LogP contribution in [0.1, 0.15) is 0 Å². The number of hydrogen-bond acceptors (Lipinski definition) is 6. The summed E-state index contributed by atoms with van der Waals surface area (Å²) < 4.78 is 24.2. The molecule has 0 spiro atoms. The van der Waals surface area contributed by atoms with E-state index >= 15 is 0 Å². The Labute approximate surface area is 120 Å². The number of rotatable bonds is 3.